The fourth-order valence-electron chi connectivity index (χ4n) is 1.42. The van der Waals surface area contributed by atoms with Gasteiger partial charge < -0.3 is 5.11 Å². The lowest BCUT2D eigenvalue weighted by molar-refractivity contribution is -0.137. The summed E-state index contributed by atoms with van der Waals surface area (Å²) in [6.07, 6.45) is 1.49. The molecule has 0 aliphatic heterocycles. The standard InChI is InChI=1S/C10H20N2O4S/c1-8(2)7-11-17(15,16)12(9-3-4-9)6-5-10(13)14/h8-9,11H,3-7H2,1-2H3,(H,13,14). The van der Waals surface area contributed by atoms with Gasteiger partial charge in [-0.25, -0.2) is 4.72 Å². The van der Waals surface area contributed by atoms with Crippen molar-refractivity contribution in [1.29, 1.82) is 0 Å². The molecule has 6 nitrogen and oxygen atoms in total. The Morgan fingerprint density at radius 3 is 2.47 bits per heavy atom. The summed E-state index contributed by atoms with van der Waals surface area (Å²) in [6, 6.07) is -0.0148. The Labute approximate surface area is 102 Å². The van der Waals surface area contributed by atoms with Gasteiger partial charge in [0.15, 0.2) is 0 Å². The van der Waals surface area contributed by atoms with E-state index in [1.165, 1.54) is 4.31 Å². The van der Waals surface area contributed by atoms with Crippen molar-refractivity contribution < 1.29 is 18.3 Å². The Morgan fingerprint density at radius 1 is 1.47 bits per heavy atom. The minimum absolute atomic E-state index is 0.0148. The van der Waals surface area contributed by atoms with Crippen LogP contribution in [0.1, 0.15) is 33.1 Å². The van der Waals surface area contributed by atoms with Crippen LogP contribution in [-0.2, 0) is 15.0 Å². The molecule has 1 saturated carbocycles. The average molecular weight is 264 g/mol. The van der Waals surface area contributed by atoms with Crippen LogP contribution in [0.4, 0.5) is 0 Å². The highest BCUT2D eigenvalue weighted by atomic mass is 32.2. The Hall–Kier alpha value is -0.660. The SMILES string of the molecule is CC(C)CNS(=O)(=O)N(CCC(=O)O)C1CC1. The fraction of sp³-hybridized carbons (Fsp3) is 0.900. The van der Waals surface area contributed by atoms with Crippen LogP contribution in [0.25, 0.3) is 0 Å². The van der Waals surface area contributed by atoms with Gasteiger partial charge in [-0.2, -0.15) is 12.7 Å². The minimum Gasteiger partial charge on any atom is -0.481 e. The molecular weight excluding hydrogens is 244 g/mol. The maximum absolute atomic E-state index is 12.0. The highest BCUT2D eigenvalue weighted by Crippen LogP contribution is 2.28. The van der Waals surface area contributed by atoms with E-state index in [9.17, 15) is 13.2 Å². The molecule has 0 atom stereocenters. The van der Waals surface area contributed by atoms with E-state index in [0.717, 1.165) is 12.8 Å². The lowest BCUT2D eigenvalue weighted by Crippen LogP contribution is -2.44. The molecule has 7 heteroatoms. The molecule has 0 heterocycles. The van der Waals surface area contributed by atoms with Crippen molar-refractivity contribution in [2.75, 3.05) is 13.1 Å². The molecule has 0 radical (unpaired) electrons. The van der Waals surface area contributed by atoms with Gasteiger partial charge in [0.2, 0.25) is 0 Å². The number of aliphatic carboxylic acids is 1. The molecule has 0 aromatic rings. The molecule has 0 unspecified atom stereocenters. The van der Waals surface area contributed by atoms with Crippen molar-refractivity contribution in [3.05, 3.63) is 0 Å². The number of nitrogens with zero attached hydrogens (tertiary/aromatic N) is 1. The first-order valence-electron chi connectivity index (χ1n) is 5.81. The molecule has 1 aliphatic carbocycles. The Kier molecular flexibility index (Phi) is 4.91. The number of hydrogen-bond acceptors (Lipinski definition) is 3. The Morgan fingerprint density at radius 2 is 2.06 bits per heavy atom. The zero-order valence-corrected chi connectivity index (χ0v) is 11.0. The monoisotopic (exact) mass is 264 g/mol. The summed E-state index contributed by atoms with van der Waals surface area (Å²) in [5.74, 6) is -0.750. The van der Waals surface area contributed by atoms with Crippen molar-refractivity contribution in [3.8, 4) is 0 Å². The quantitative estimate of drug-likeness (QED) is 0.665. The lowest BCUT2D eigenvalue weighted by Gasteiger charge is -2.22. The van der Waals surface area contributed by atoms with Gasteiger partial charge in [-0.15, -0.1) is 0 Å². The molecule has 1 rings (SSSR count). The topological polar surface area (TPSA) is 86.7 Å². The largest absolute Gasteiger partial charge is 0.481 e. The number of nitrogens with one attached hydrogen (secondary N) is 1. The van der Waals surface area contributed by atoms with Crippen LogP contribution in [0.15, 0.2) is 0 Å². The first kappa shape index (κ1) is 14.4. The van der Waals surface area contributed by atoms with Gasteiger partial charge in [-0.1, -0.05) is 13.8 Å². The molecule has 0 spiro atoms. The van der Waals surface area contributed by atoms with Gasteiger partial charge in [-0.05, 0) is 18.8 Å². The molecule has 0 aromatic carbocycles. The predicted molar refractivity (Wildman–Crippen MR) is 63.7 cm³/mol. The van der Waals surface area contributed by atoms with Crippen molar-refractivity contribution in [3.63, 3.8) is 0 Å². The maximum atomic E-state index is 12.0. The smallest absolute Gasteiger partial charge is 0.304 e. The van der Waals surface area contributed by atoms with Crippen molar-refractivity contribution in [2.24, 2.45) is 5.92 Å². The first-order chi connectivity index (χ1) is 7.83. The summed E-state index contributed by atoms with van der Waals surface area (Å²) in [4.78, 5) is 10.5. The molecule has 17 heavy (non-hydrogen) atoms. The van der Waals surface area contributed by atoms with Gasteiger partial charge in [0.05, 0.1) is 6.42 Å². The molecule has 1 fully saturated rings. The summed E-state index contributed by atoms with van der Waals surface area (Å²) in [5, 5.41) is 8.61. The molecule has 0 bridgehead atoms. The van der Waals surface area contributed by atoms with Crippen LogP contribution >= 0.6 is 0 Å². The van der Waals surface area contributed by atoms with E-state index in [1.54, 1.807) is 0 Å². The van der Waals surface area contributed by atoms with Gasteiger partial charge in [0.1, 0.15) is 0 Å². The number of rotatable bonds is 8. The van der Waals surface area contributed by atoms with E-state index < -0.39 is 16.2 Å². The van der Waals surface area contributed by atoms with Gasteiger partial charge in [-0.3, -0.25) is 4.79 Å². The zero-order valence-electron chi connectivity index (χ0n) is 10.2. The summed E-state index contributed by atoms with van der Waals surface area (Å²) in [7, 11) is -3.53. The second-order valence-corrected chi connectivity index (χ2v) is 6.44. The third kappa shape index (κ3) is 5.01. The number of carboxylic acids is 1. The first-order valence-corrected chi connectivity index (χ1v) is 7.25. The lowest BCUT2D eigenvalue weighted by atomic mass is 10.2. The summed E-state index contributed by atoms with van der Waals surface area (Å²) < 4.78 is 27.7. The third-order valence-electron chi connectivity index (χ3n) is 2.48. The second kappa shape index (κ2) is 5.79. The summed E-state index contributed by atoms with van der Waals surface area (Å²) >= 11 is 0. The Balaban J connectivity index is 2.58. The zero-order chi connectivity index (χ0) is 13.1. The van der Waals surface area contributed by atoms with Crippen LogP contribution in [0.3, 0.4) is 0 Å². The minimum atomic E-state index is -3.53. The van der Waals surface area contributed by atoms with Crippen LogP contribution in [0.2, 0.25) is 0 Å². The molecule has 2 N–H and O–H groups in total. The predicted octanol–water partition coefficient (Wildman–Crippen LogP) is 0.416. The number of carbonyl (C=O) groups is 1. The third-order valence-corrected chi connectivity index (χ3v) is 4.11. The van der Waals surface area contributed by atoms with E-state index in [0.29, 0.717) is 6.54 Å². The van der Waals surface area contributed by atoms with Crippen LogP contribution in [0, 0.1) is 5.92 Å². The molecule has 0 amide bonds. The molecule has 0 saturated heterocycles. The molecule has 100 valence electrons. The normalized spacial score (nSPS) is 16.7. The summed E-state index contributed by atoms with van der Waals surface area (Å²) in [5.41, 5.74) is 0. The highest BCUT2D eigenvalue weighted by Gasteiger charge is 2.37. The van der Waals surface area contributed by atoms with E-state index in [-0.39, 0.29) is 24.9 Å². The second-order valence-electron chi connectivity index (χ2n) is 4.73. The van der Waals surface area contributed by atoms with Crippen LogP contribution in [-0.4, -0.2) is 42.9 Å². The van der Waals surface area contributed by atoms with E-state index in [2.05, 4.69) is 4.72 Å². The number of carboxylic acid groups (broad SMARTS) is 1. The maximum Gasteiger partial charge on any atom is 0.304 e. The van der Waals surface area contributed by atoms with Gasteiger partial charge in [0.25, 0.3) is 10.2 Å². The van der Waals surface area contributed by atoms with Gasteiger partial charge >= 0.3 is 5.97 Å². The molecule has 0 aromatic heterocycles. The fourth-order valence-corrected chi connectivity index (χ4v) is 3.07. The highest BCUT2D eigenvalue weighted by molar-refractivity contribution is 7.87. The number of hydrogen-bond donors (Lipinski definition) is 2. The van der Waals surface area contributed by atoms with Gasteiger partial charge in [0, 0.05) is 19.1 Å². The van der Waals surface area contributed by atoms with Crippen LogP contribution in [0.5, 0.6) is 0 Å². The van der Waals surface area contributed by atoms with Crippen molar-refractivity contribution >= 4 is 16.2 Å². The average Bonchev–Trinajstić information content (AvgIpc) is 2.98. The molecule has 1 aliphatic rings. The summed E-state index contributed by atoms with van der Waals surface area (Å²) in [6.45, 7) is 4.26. The van der Waals surface area contributed by atoms with E-state index in [1.807, 2.05) is 13.8 Å². The van der Waals surface area contributed by atoms with Crippen molar-refractivity contribution in [2.45, 2.75) is 39.2 Å². The molecular formula is C10H20N2O4S. The van der Waals surface area contributed by atoms with Crippen molar-refractivity contribution in [1.82, 2.24) is 9.03 Å². The van der Waals surface area contributed by atoms with E-state index in [4.69, 9.17) is 5.11 Å². The van der Waals surface area contributed by atoms with E-state index >= 15 is 0 Å². The van der Waals surface area contributed by atoms with Crippen LogP contribution < -0.4 is 4.72 Å². The Bertz CT molecular complexity index is 363.